The van der Waals surface area contributed by atoms with E-state index in [0.29, 0.717) is 0 Å². The fourth-order valence-corrected chi connectivity index (χ4v) is 3.53. The Labute approximate surface area is 126 Å². The summed E-state index contributed by atoms with van der Waals surface area (Å²) in [6.45, 7) is 6.30. The molecule has 1 rings (SSSR count). The predicted octanol–water partition coefficient (Wildman–Crippen LogP) is 0.236. The molecular formula is C11H22O8S2. The highest BCUT2D eigenvalue weighted by molar-refractivity contribution is 7.86. The van der Waals surface area contributed by atoms with Crippen LogP contribution in [0, 0.1) is 0 Å². The molecule has 10 heteroatoms. The highest BCUT2D eigenvalue weighted by Gasteiger charge is 2.48. The maximum absolute atomic E-state index is 11.2. The predicted molar refractivity (Wildman–Crippen MR) is 74.6 cm³/mol. The van der Waals surface area contributed by atoms with Crippen molar-refractivity contribution in [2.75, 3.05) is 12.5 Å². The quantitative estimate of drug-likeness (QED) is 0.630. The van der Waals surface area contributed by atoms with Crippen LogP contribution in [0.5, 0.6) is 0 Å². The monoisotopic (exact) mass is 346 g/mol. The van der Waals surface area contributed by atoms with Crippen LogP contribution in [0.2, 0.25) is 0 Å². The number of hydrogen-bond acceptors (Lipinski definition) is 8. The Morgan fingerprint density at radius 2 is 1.14 bits per heavy atom. The molecule has 126 valence electrons. The fraction of sp³-hybridized carbons (Fsp3) is 1.00. The molecule has 0 amide bonds. The van der Waals surface area contributed by atoms with Crippen molar-refractivity contribution in [2.24, 2.45) is 0 Å². The third-order valence-corrected chi connectivity index (χ3v) is 4.05. The summed E-state index contributed by atoms with van der Waals surface area (Å²) in [6, 6.07) is 0. The molecule has 0 aromatic rings. The molecule has 1 aliphatic rings. The Hall–Kier alpha value is -0.260. The van der Waals surface area contributed by atoms with Gasteiger partial charge in [0.1, 0.15) is 24.4 Å². The lowest BCUT2D eigenvalue weighted by atomic mass is 10.1. The average molecular weight is 346 g/mol. The highest BCUT2D eigenvalue weighted by Crippen LogP contribution is 2.34. The average Bonchev–Trinajstić information content (AvgIpc) is 2.49. The van der Waals surface area contributed by atoms with Gasteiger partial charge in [0.15, 0.2) is 5.79 Å². The normalized spacial score (nSPS) is 29.2. The van der Waals surface area contributed by atoms with E-state index in [1.165, 1.54) is 13.8 Å². The van der Waals surface area contributed by atoms with E-state index in [-0.39, 0.29) is 0 Å². The van der Waals surface area contributed by atoms with Gasteiger partial charge in [0.2, 0.25) is 0 Å². The second-order valence-corrected chi connectivity index (χ2v) is 8.78. The number of ether oxygens (including phenoxy) is 2. The minimum Gasteiger partial charge on any atom is -0.342 e. The van der Waals surface area contributed by atoms with Crippen LogP contribution in [-0.2, 0) is 38.1 Å². The minimum absolute atomic E-state index is 0.786. The zero-order valence-corrected chi connectivity index (χ0v) is 14.5. The first-order valence-corrected chi connectivity index (χ1v) is 9.96. The van der Waals surface area contributed by atoms with E-state index >= 15 is 0 Å². The van der Waals surface area contributed by atoms with Crippen molar-refractivity contribution in [3.8, 4) is 0 Å². The first-order chi connectivity index (χ1) is 9.20. The standard InChI is InChI=1S/C11H22O8S2/c1-7(18-20(5,12)13)9-10(17-11(3,4)16-9)8(2)19-21(6,14)15/h7-10H,1-6H3/t7-,8-,9+,10+/m0/s1. The Morgan fingerprint density at radius 3 is 1.38 bits per heavy atom. The number of hydrogen-bond donors (Lipinski definition) is 0. The topological polar surface area (TPSA) is 105 Å². The summed E-state index contributed by atoms with van der Waals surface area (Å²) >= 11 is 0. The fourth-order valence-electron chi connectivity index (χ4n) is 2.20. The van der Waals surface area contributed by atoms with Crippen LogP contribution in [-0.4, -0.2) is 59.6 Å². The molecule has 8 nitrogen and oxygen atoms in total. The Morgan fingerprint density at radius 1 is 0.857 bits per heavy atom. The molecule has 1 aliphatic heterocycles. The smallest absolute Gasteiger partial charge is 0.264 e. The number of rotatable bonds is 6. The van der Waals surface area contributed by atoms with E-state index < -0.39 is 50.4 Å². The molecule has 21 heavy (non-hydrogen) atoms. The second-order valence-electron chi connectivity index (χ2n) is 5.58. The summed E-state index contributed by atoms with van der Waals surface area (Å²) in [7, 11) is -7.35. The first-order valence-electron chi connectivity index (χ1n) is 6.32. The van der Waals surface area contributed by atoms with Gasteiger partial charge in [-0.2, -0.15) is 16.8 Å². The zero-order chi connectivity index (χ0) is 16.6. The molecular weight excluding hydrogens is 324 g/mol. The molecule has 0 N–H and O–H groups in total. The van der Waals surface area contributed by atoms with Gasteiger partial charge in [0.05, 0.1) is 12.5 Å². The van der Waals surface area contributed by atoms with Crippen LogP contribution in [0.25, 0.3) is 0 Å². The molecule has 0 aliphatic carbocycles. The molecule has 0 bridgehead atoms. The van der Waals surface area contributed by atoms with Gasteiger partial charge < -0.3 is 9.47 Å². The molecule has 0 spiro atoms. The van der Waals surface area contributed by atoms with Crippen LogP contribution in [0.4, 0.5) is 0 Å². The van der Waals surface area contributed by atoms with E-state index in [1.54, 1.807) is 13.8 Å². The molecule has 0 radical (unpaired) electrons. The SMILES string of the molecule is C[C@H](OS(C)(=O)=O)[C@H]1OC(C)(C)O[C@@H]1[C@H](C)OS(C)(=O)=O. The molecule has 4 atom stereocenters. The summed E-state index contributed by atoms with van der Waals surface area (Å²) < 4.78 is 65.9. The molecule has 0 unspecified atom stereocenters. The molecule has 0 saturated carbocycles. The van der Waals surface area contributed by atoms with Crippen molar-refractivity contribution in [1.29, 1.82) is 0 Å². The third kappa shape index (κ3) is 6.17. The van der Waals surface area contributed by atoms with Crippen molar-refractivity contribution in [3.63, 3.8) is 0 Å². The summed E-state index contributed by atoms with van der Waals surface area (Å²) in [6.07, 6.45) is -1.42. The van der Waals surface area contributed by atoms with Gasteiger partial charge in [-0.25, -0.2) is 0 Å². The summed E-state index contributed by atoms with van der Waals surface area (Å²) in [4.78, 5) is 0. The van der Waals surface area contributed by atoms with Gasteiger partial charge in [-0.05, 0) is 27.7 Å². The third-order valence-electron chi connectivity index (χ3n) is 2.74. The van der Waals surface area contributed by atoms with Gasteiger partial charge in [-0.1, -0.05) is 0 Å². The van der Waals surface area contributed by atoms with Crippen LogP contribution < -0.4 is 0 Å². The van der Waals surface area contributed by atoms with Crippen molar-refractivity contribution in [1.82, 2.24) is 0 Å². The maximum atomic E-state index is 11.2. The minimum atomic E-state index is -3.68. The van der Waals surface area contributed by atoms with Gasteiger partial charge in [0, 0.05) is 0 Å². The molecule has 0 aromatic heterocycles. The van der Waals surface area contributed by atoms with Gasteiger partial charge in [-0.3, -0.25) is 8.37 Å². The molecule has 1 heterocycles. The van der Waals surface area contributed by atoms with Gasteiger partial charge >= 0.3 is 0 Å². The maximum Gasteiger partial charge on any atom is 0.264 e. The Kier molecular flexibility index (Phi) is 5.45. The molecule has 1 saturated heterocycles. The Balaban J connectivity index is 2.93. The van der Waals surface area contributed by atoms with Crippen LogP contribution in [0.15, 0.2) is 0 Å². The van der Waals surface area contributed by atoms with E-state index in [2.05, 4.69) is 0 Å². The summed E-state index contributed by atoms with van der Waals surface area (Å²) in [5.41, 5.74) is 0. The van der Waals surface area contributed by atoms with Crippen molar-refractivity contribution in [2.45, 2.75) is 57.9 Å². The summed E-state index contributed by atoms with van der Waals surface area (Å²) in [5.74, 6) is -1.00. The van der Waals surface area contributed by atoms with Crippen molar-refractivity contribution in [3.05, 3.63) is 0 Å². The molecule has 1 fully saturated rings. The van der Waals surface area contributed by atoms with E-state index in [9.17, 15) is 16.8 Å². The van der Waals surface area contributed by atoms with E-state index in [1.807, 2.05) is 0 Å². The van der Waals surface area contributed by atoms with Crippen molar-refractivity contribution >= 4 is 20.2 Å². The first kappa shape index (κ1) is 18.8. The lowest BCUT2D eigenvalue weighted by molar-refractivity contribution is -0.157. The van der Waals surface area contributed by atoms with E-state index in [4.69, 9.17) is 17.8 Å². The zero-order valence-electron chi connectivity index (χ0n) is 12.9. The lowest BCUT2D eigenvalue weighted by Gasteiger charge is -2.25. The van der Waals surface area contributed by atoms with Crippen LogP contribution in [0.1, 0.15) is 27.7 Å². The lowest BCUT2D eigenvalue weighted by Crippen LogP contribution is -2.43. The van der Waals surface area contributed by atoms with E-state index in [0.717, 1.165) is 12.5 Å². The van der Waals surface area contributed by atoms with Crippen LogP contribution >= 0.6 is 0 Å². The molecule has 0 aromatic carbocycles. The summed E-state index contributed by atoms with van der Waals surface area (Å²) in [5, 5.41) is 0. The van der Waals surface area contributed by atoms with Gasteiger partial charge in [0.25, 0.3) is 20.2 Å². The second kappa shape index (κ2) is 6.09. The van der Waals surface area contributed by atoms with Gasteiger partial charge in [-0.15, -0.1) is 0 Å². The highest BCUT2D eigenvalue weighted by atomic mass is 32.2. The largest absolute Gasteiger partial charge is 0.342 e. The Bertz CT molecular complexity index is 515. The van der Waals surface area contributed by atoms with Crippen molar-refractivity contribution < 1.29 is 34.7 Å². The van der Waals surface area contributed by atoms with Crippen LogP contribution in [0.3, 0.4) is 0 Å².